The topological polar surface area (TPSA) is 61.4 Å². The van der Waals surface area contributed by atoms with Crippen LogP contribution in [-0.4, -0.2) is 42.4 Å². The van der Waals surface area contributed by atoms with Crippen molar-refractivity contribution in [3.05, 3.63) is 35.4 Å². The SMILES string of the molecule is CCN(CC)C(=O)CNC(=O)[C@@H]1Cc2ccccc2CN1. The number of fused-ring (bicyclic) bond motifs is 1. The first-order valence-electron chi connectivity index (χ1n) is 7.51. The minimum absolute atomic E-state index is 0.0374. The van der Waals surface area contributed by atoms with Crippen LogP contribution in [0, 0.1) is 0 Å². The molecule has 2 rings (SSSR count). The Kier molecular flexibility index (Phi) is 5.33. The zero-order valence-electron chi connectivity index (χ0n) is 12.7. The van der Waals surface area contributed by atoms with E-state index in [-0.39, 0.29) is 24.4 Å². The molecule has 0 bridgehead atoms. The Labute approximate surface area is 125 Å². The van der Waals surface area contributed by atoms with Gasteiger partial charge in [0.15, 0.2) is 0 Å². The van der Waals surface area contributed by atoms with Crippen molar-refractivity contribution in [3.63, 3.8) is 0 Å². The van der Waals surface area contributed by atoms with E-state index in [0.717, 1.165) is 0 Å². The van der Waals surface area contributed by atoms with Crippen LogP contribution in [0.15, 0.2) is 24.3 Å². The van der Waals surface area contributed by atoms with Gasteiger partial charge in [0.25, 0.3) is 0 Å². The molecule has 1 heterocycles. The zero-order chi connectivity index (χ0) is 15.2. The van der Waals surface area contributed by atoms with Crippen LogP contribution >= 0.6 is 0 Å². The molecule has 1 aromatic rings. The van der Waals surface area contributed by atoms with Gasteiger partial charge in [0.05, 0.1) is 12.6 Å². The minimum atomic E-state index is -0.260. The van der Waals surface area contributed by atoms with E-state index in [1.807, 2.05) is 26.0 Å². The molecule has 0 radical (unpaired) electrons. The van der Waals surface area contributed by atoms with E-state index >= 15 is 0 Å². The highest BCUT2D eigenvalue weighted by Gasteiger charge is 2.24. The van der Waals surface area contributed by atoms with Crippen molar-refractivity contribution in [2.24, 2.45) is 0 Å². The molecule has 1 atom stereocenters. The summed E-state index contributed by atoms with van der Waals surface area (Å²) in [6.07, 6.45) is 0.668. The van der Waals surface area contributed by atoms with Crippen LogP contribution in [0.5, 0.6) is 0 Å². The number of hydrogen-bond donors (Lipinski definition) is 2. The summed E-state index contributed by atoms with van der Waals surface area (Å²) in [7, 11) is 0. The molecule has 0 saturated carbocycles. The van der Waals surface area contributed by atoms with E-state index in [1.54, 1.807) is 4.90 Å². The zero-order valence-corrected chi connectivity index (χ0v) is 12.7. The van der Waals surface area contributed by atoms with Crippen molar-refractivity contribution in [3.8, 4) is 0 Å². The number of rotatable bonds is 5. The summed E-state index contributed by atoms with van der Waals surface area (Å²) in [5, 5.41) is 5.96. The van der Waals surface area contributed by atoms with Crippen molar-refractivity contribution in [2.75, 3.05) is 19.6 Å². The highest BCUT2D eigenvalue weighted by molar-refractivity contribution is 5.87. The van der Waals surface area contributed by atoms with Crippen molar-refractivity contribution in [1.29, 1.82) is 0 Å². The lowest BCUT2D eigenvalue weighted by Gasteiger charge is -2.26. The van der Waals surface area contributed by atoms with Crippen LogP contribution in [0.4, 0.5) is 0 Å². The Morgan fingerprint density at radius 3 is 2.57 bits per heavy atom. The second kappa shape index (κ2) is 7.22. The van der Waals surface area contributed by atoms with Crippen molar-refractivity contribution in [1.82, 2.24) is 15.5 Å². The lowest BCUT2D eigenvalue weighted by Crippen LogP contribution is -2.50. The molecule has 0 unspecified atom stereocenters. The minimum Gasteiger partial charge on any atom is -0.346 e. The average Bonchev–Trinajstić information content (AvgIpc) is 2.53. The van der Waals surface area contributed by atoms with E-state index in [9.17, 15) is 9.59 Å². The lowest BCUT2D eigenvalue weighted by atomic mass is 9.95. The Morgan fingerprint density at radius 1 is 1.24 bits per heavy atom. The summed E-state index contributed by atoms with van der Waals surface area (Å²) in [4.78, 5) is 25.8. The maximum Gasteiger partial charge on any atom is 0.241 e. The largest absolute Gasteiger partial charge is 0.346 e. The fraction of sp³-hybridized carbons (Fsp3) is 0.500. The summed E-state index contributed by atoms with van der Waals surface area (Å²) >= 11 is 0. The summed E-state index contributed by atoms with van der Waals surface area (Å²) in [6.45, 7) is 5.96. The fourth-order valence-corrected chi connectivity index (χ4v) is 2.61. The maximum atomic E-state index is 12.2. The van der Waals surface area contributed by atoms with Crippen molar-refractivity contribution in [2.45, 2.75) is 32.9 Å². The number of hydrogen-bond acceptors (Lipinski definition) is 3. The molecule has 2 amide bonds. The first-order valence-corrected chi connectivity index (χ1v) is 7.51. The molecule has 114 valence electrons. The van der Waals surface area contributed by atoms with Crippen LogP contribution in [0.2, 0.25) is 0 Å². The highest BCUT2D eigenvalue weighted by Crippen LogP contribution is 2.16. The van der Waals surface area contributed by atoms with Crippen LogP contribution in [0.25, 0.3) is 0 Å². The molecular weight excluding hydrogens is 266 g/mol. The molecule has 2 N–H and O–H groups in total. The molecule has 21 heavy (non-hydrogen) atoms. The van der Waals surface area contributed by atoms with E-state index in [0.29, 0.717) is 26.1 Å². The number of carbonyl (C=O) groups is 2. The van der Waals surface area contributed by atoms with Gasteiger partial charge in [0.2, 0.25) is 11.8 Å². The highest BCUT2D eigenvalue weighted by atomic mass is 16.2. The first kappa shape index (κ1) is 15.5. The normalized spacial score (nSPS) is 17.0. The van der Waals surface area contributed by atoms with E-state index < -0.39 is 0 Å². The number of likely N-dealkylation sites (N-methyl/N-ethyl adjacent to an activating group) is 1. The molecule has 0 spiro atoms. The monoisotopic (exact) mass is 289 g/mol. The summed E-state index contributed by atoms with van der Waals surface area (Å²) in [5.74, 6) is -0.144. The molecular formula is C16H23N3O2. The smallest absolute Gasteiger partial charge is 0.241 e. The summed E-state index contributed by atoms with van der Waals surface area (Å²) < 4.78 is 0. The third-order valence-corrected chi connectivity index (χ3v) is 3.93. The van der Waals surface area contributed by atoms with Gasteiger partial charge >= 0.3 is 0 Å². The molecule has 1 aromatic carbocycles. The lowest BCUT2D eigenvalue weighted by molar-refractivity contribution is -0.133. The van der Waals surface area contributed by atoms with Crippen LogP contribution in [0.1, 0.15) is 25.0 Å². The van der Waals surface area contributed by atoms with Crippen LogP contribution < -0.4 is 10.6 Å². The standard InChI is InChI=1S/C16H23N3O2/c1-3-19(4-2)15(20)11-18-16(21)14-9-12-7-5-6-8-13(12)10-17-14/h5-8,14,17H,3-4,9-11H2,1-2H3,(H,18,21)/t14-/m0/s1. The Bertz CT molecular complexity index is 512. The molecule has 0 aliphatic carbocycles. The quantitative estimate of drug-likeness (QED) is 0.838. The maximum absolute atomic E-state index is 12.2. The van der Waals surface area contributed by atoms with E-state index in [2.05, 4.69) is 22.8 Å². The van der Waals surface area contributed by atoms with Crippen molar-refractivity contribution < 1.29 is 9.59 Å². The number of nitrogens with zero attached hydrogens (tertiary/aromatic N) is 1. The van der Waals surface area contributed by atoms with Gasteiger partial charge in [-0.05, 0) is 31.4 Å². The number of benzene rings is 1. The van der Waals surface area contributed by atoms with Crippen molar-refractivity contribution >= 4 is 11.8 Å². The second-order valence-electron chi connectivity index (χ2n) is 5.19. The first-order chi connectivity index (χ1) is 10.2. The van der Waals surface area contributed by atoms with Gasteiger partial charge in [-0.1, -0.05) is 24.3 Å². The molecule has 0 fully saturated rings. The number of carbonyl (C=O) groups excluding carboxylic acids is 2. The molecule has 1 aliphatic heterocycles. The van der Waals surface area contributed by atoms with Gasteiger partial charge in [-0.25, -0.2) is 0 Å². The van der Waals surface area contributed by atoms with Gasteiger partial charge < -0.3 is 15.5 Å². The predicted octanol–water partition coefficient (Wildman–Crippen LogP) is 0.686. The average molecular weight is 289 g/mol. The Balaban J connectivity index is 1.86. The van der Waals surface area contributed by atoms with E-state index in [4.69, 9.17) is 0 Å². The molecule has 1 aliphatic rings. The molecule has 0 saturated heterocycles. The fourth-order valence-electron chi connectivity index (χ4n) is 2.61. The third-order valence-electron chi connectivity index (χ3n) is 3.93. The van der Waals surface area contributed by atoms with Gasteiger partial charge in [-0.3, -0.25) is 9.59 Å². The van der Waals surface area contributed by atoms with Gasteiger partial charge in [0, 0.05) is 19.6 Å². The van der Waals surface area contributed by atoms with Gasteiger partial charge in [-0.2, -0.15) is 0 Å². The van der Waals surface area contributed by atoms with E-state index in [1.165, 1.54) is 11.1 Å². The number of nitrogens with one attached hydrogen (secondary N) is 2. The second-order valence-corrected chi connectivity index (χ2v) is 5.19. The van der Waals surface area contributed by atoms with Crippen LogP contribution in [0.3, 0.4) is 0 Å². The number of amides is 2. The molecule has 5 heteroatoms. The molecule has 5 nitrogen and oxygen atoms in total. The van der Waals surface area contributed by atoms with Gasteiger partial charge in [0.1, 0.15) is 0 Å². The molecule has 0 aromatic heterocycles. The van der Waals surface area contributed by atoms with Crippen LogP contribution in [-0.2, 0) is 22.6 Å². The van der Waals surface area contributed by atoms with Gasteiger partial charge in [-0.15, -0.1) is 0 Å². The summed E-state index contributed by atoms with van der Waals surface area (Å²) in [6, 6.07) is 7.86. The Hall–Kier alpha value is -1.88. The summed E-state index contributed by atoms with van der Waals surface area (Å²) in [5.41, 5.74) is 2.44. The Morgan fingerprint density at radius 2 is 1.90 bits per heavy atom. The third kappa shape index (κ3) is 3.82. The predicted molar refractivity (Wildman–Crippen MR) is 81.7 cm³/mol.